The maximum atomic E-state index is 5.31. The van der Waals surface area contributed by atoms with Crippen LogP contribution in [0.15, 0.2) is 71.7 Å². The van der Waals surface area contributed by atoms with Crippen molar-refractivity contribution >= 4 is 11.3 Å². The number of benzene rings is 1. The molecule has 5 nitrogen and oxygen atoms in total. The predicted molar refractivity (Wildman–Crippen MR) is 89.2 cm³/mol. The molecule has 0 aliphatic rings. The normalized spacial score (nSPS) is 12.4. The monoisotopic (exact) mass is 304 g/mol. The lowest BCUT2D eigenvalue weighted by atomic mass is 10.1. The summed E-state index contributed by atoms with van der Waals surface area (Å²) < 4.78 is 7.33. The summed E-state index contributed by atoms with van der Waals surface area (Å²) in [5, 5.41) is 3.37. The van der Waals surface area contributed by atoms with Crippen LogP contribution >= 0.6 is 0 Å². The fraction of sp³-hybridized carbons (Fsp3) is 0.111. The van der Waals surface area contributed by atoms with Gasteiger partial charge in [-0.1, -0.05) is 18.2 Å². The molecule has 0 saturated heterocycles. The molecule has 114 valence electrons. The molecule has 0 bridgehead atoms. The van der Waals surface area contributed by atoms with Gasteiger partial charge in [-0.2, -0.15) is 0 Å². The Morgan fingerprint density at radius 2 is 2.00 bits per heavy atom. The van der Waals surface area contributed by atoms with Crippen molar-refractivity contribution in [2.75, 3.05) is 5.32 Å². The minimum atomic E-state index is 0.0195. The van der Waals surface area contributed by atoms with E-state index in [2.05, 4.69) is 27.4 Å². The van der Waals surface area contributed by atoms with Crippen molar-refractivity contribution < 1.29 is 4.42 Å². The van der Waals surface area contributed by atoms with E-state index in [0.29, 0.717) is 5.89 Å². The third-order valence-corrected chi connectivity index (χ3v) is 3.75. The molecule has 0 fully saturated rings. The molecule has 0 aliphatic carbocycles. The van der Waals surface area contributed by atoms with Crippen molar-refractivity contribution in [3.05, 3.63) is 73.2 Å². The SMILES string of the molecule is CC(Nc1ccc(-c2cn3ccccc3n2)cc1)c1ncco1. The van der Waals surface area contributed by atoms with Crippen LogP contribution in [0.1, 0.15) is 18.9 Å². The minimum absolute atomic E-state index is 0.0195. The van der Waals surface area contributed by atoms with E-state index in [1.165, 1.54) is 0 Å². The van der Waals surface area contributed by atoms with Crippen molar-refractivity contribution in [3.63, 3.8) is 0 Å². The molecule has 3 heterocycles. The van der Waals surface area contributed by atoms with E-state index < -0.39 is 0 Å². The Hall–Kier alpha value is -3.08. The molecule has 1 atom stereocenters. The first-order chi connectivity index (χ1) is 11.3. The van der Waals surface area contributed by atoms with E-state index in [1.807, 2.05) is 54.0 Å². The van der Waals surface area contributed by atoms with Gasteiger partial charge in [0.25, 0.3) is 0 Å². The fourth-order valence-corrected chi connectivity index (χ4v) is 2.57. The molecule has 1 aromatic carbocycles. The summed E-state index contributed by atoms with van der Waals surface area (Å²) in [5.74, 6) is 0.675. The number of aromatic nitrogens is 3. The molecule has 0 aliphatic heterocycles. The van der Waals surface area contributed by atoms with E-state index >= 15 is 0 Å². The summed E-state index contributed by atoms with van der Waals surface area (Å²) in [6.45, 7) is 2.02. The van der Waals surface area contributed by atoms with E-state index in [9.17, 15) is 0 Å². The minimum Gasteiger partial charge on any atom is -0.447 e. The lowest BCUT2D eigenvalue weighted by molar-refractivity contribution is 0.475. The number of nitrogens with one attached hydrogen (secondary N) is 1. The molecule has 4 aromatic rings. The van der Waals surface area contributed by atoms with Gasteiger partial charge >= 0.3 is 0 Å². The van der Waals surface area contributed by atoms with Crippen LogP contribution in [0.2, 0.25) is 0 Å². The maximum absolute atomic E-state index is 5.31. The molecule has 1 unspecified atom stereocenters. The van der Waals surface area contributed by atoms with E-state index in [4.69, 9.17) is 4.42 Å². The molecule has 3 aromatic heterocycles. The van der Waals surface area contributed by atoms with Gasteiger partial charge in [-0.15, -0.1) is 0 Å². The highest BCUT2D eigenvalue weighted by molar-refractivity contribution is 5.65. The Balaban J connectivity index is 1.55. The average Bonchev–Trinajstić information content (AvgIpc) is 3.25. The van der Waals surface area contributed by atoms with Crippen LogP contribution in [0.25, 0.3) is 16.9 Å². The summed E-state index contributed by atoms with van der Waals surface area (Å²) in [5.41, 5.74) is 4.01. The zero-order valence-corrected chi connectivity index (χ0v) is 12.7. The second-order valence-corrected chi connectivity index (χ2v) is 5.41. The number of imidazole rings is 1. The van der Waals surface area contributed by atoms with Gasteiger partial charge in [0, 0.05) is 23.6 Å². The molecule has 0 amide bonds. The third kappa shape index (κ3) is 2.68. The molecule has 4 rings (SSSR count). The Morgan fingerprint density at radius 3 is 2.74 bits per heavy atom. The van der Waals surface area contributed by atoms with E-state index in [-0.39, 0.29) is 6.04 Å². The van der Waals surface area contributed by atoms with Gasteiger partial charge in [-0.3, -0.25) is 0 Å². The van der Waals surface area contributed by atoms with Gasteiger partial charge < -0.3 is 14.1 Å². The summed E-state index contributed by atoms with van der Waals surface area (Å²) in [6.07, 6.45) is 7.27. The topological polar surface area (TPSA) is 55.4 Å². The van der Waals surface area contributed by atoms with E-state index in [1.54, 1.807) is 12.5 Å². The maximum Gasteiger partial charge on any atom is 0.216 e. The predicted octanol–water partition coefficient (Wildman–Crippen LogP) is 4.16. The Bertz CT molecular complexity index is 877. The lowest BCUT2D eigenvalue weighted by Gasteiger charge is -2.12. The van der Waals surface area contributed by atoms with Crippen molar-refractivity contribution in [2.24, 2.45) is 0 Å². The average molecular weight is 304 g/mol. The van der Waals surface area contributed by atoms with Gasteiger partial charge in [0.1, 0.15) is 18.0 Å². The standard InChI is InChI=1S/C18H16N4O/c1-13(18-19-9-11-23-18)20-15-7-5-14(6-8-15)16-12-22-10-3-2-4-17(22)21-16/h2-13,20H,1H3. The van der Waals surface area contributed by atoms with Crippen LogP contribution in [0.5, 0.6) is 0 Å². The van der Waals surface area contributed by atoms with Crippen LogP contribution in [-0.2, 0) is 0 Å². The number of hydrogen-bond donors (Lipinski definition) is 1. The first-order valence-electron chi connectivity index (χ1n) is 7.50. The number of pyridine rings is 1. The molecule has 0 saturated carbocycles. The largest absolute Gasteiger partial charge is 0.447 e. The zero-order valence-electron chi connectivity index (χ0n) is 12.7. The molecule has 23 heavy (non-hydrogen) atoms. The van der Waals surface area contributed by atoms with Crippen LogP contribution in [-0.4, -0.2) is 14.4 Å². The second-order valence-electron chi connectivity index (χ2n) is 5.41. The first-order valence-corrected chi connectivity index (χ1v) is 7.50. The lowest BCUT2D eigenvalue weighted by Crippen LogP contribution is -2.06. The molecule has 5 heteroatoms. The molecule has 1 N–H and O–H groups in total. The quantitative estimate of drug-likeness (QED) is 0.615. The van der Waals surface area contributed by atoms with Crippen LogP contribution in [0.4, 0.5) is 5.69 Å². The molecular weight excluding hydrogens is 288 g/mol. The Morgan fingerprint density at radius 1 is 1.13 bits per heavy atom. The Kier molecular flexibility index (Phi) is 3.31. The van der Waals surface area contributed by atoms with Crippen LogP contribution in [0.3, 0.4) is 0 Å². The highest BCUT2D eigenvalue weighted by Crippen LogP contribution is 2.23. The van der Waals surface area contributed by atoms with Crippen molar-refractivity contribution in [1.82, 2.24) is 14.4 Å². The highest BCUT2D eigenvalue weighted by Gasteiger charge is 2.10. The second kappa shape index (κ2) is 5.61. The summed E-state index contributed by atoms with van der Waals surface area (Å²) in [6, 6.07) is 14.2. The van der Waals surface area contributed by atoms with Gasteiger partial charge in [0.05, 0.1) is 11.9 Å². The smallest absolute Gasteiger partial charge is 0.216 e. The number of nitrogens with zero attached hydrogens (tertiary/aromatic N) is 3. The molecule has 0 spiro atoms. The van der Waals surface area contributed by atoms with E-state index in [0.717, 1.165) is 22.6 Å². The van der Waals surface area contributed by atoms with Gasteiger partial charge in [0.15, 0.2) is 0 Å². The van der Waals surface area contributed by atoms with Crippen molar-refractivity contribution in [1.29, 1.82) is 0 Å². The number of anilines is 1. The van der Waals surface area contributed by atoms with Gasteiger partial charge in [-0.25, -0.2) is 9.97 Å². The summed E-state index contributed by atoms with van der Waals surface area (Å²) >= 11 is 0. The van der Waals surface area contributed by atoms with Gasteiger partial charge in [-0.05, 0) is 31.2 Å². The van der Waals surface area contributed by atoms with Crippen molar-refractivity contribution in [3.8, 4) is 11.3 Å². The summed E-state index contributed by atoms with van der Waals surface area (Å²) in [4.78, 5) is 8.79. The van der Waals surface area contributed by atoms with Crippen molar-refractivity contribution in [2.45, 2.75) is 13.0 Å². The number of hydrogen-bond acceptors (Lipinski definition) is 4. The van der Waals surface area contributed by atoms with Gasteiger partial charge in [0.2, 0.25) is 5.89 Å². The molecule has 0 radical (unpaired) electrons. The third-order valence-electron chi connectivity index (χ3n) is 3.75. The van der Waals surface area contributed by atoms with Crippen LogP contribution < -0.4 is 5.32 Å². The fourth-order valence-electron chi connectivity index (χ4n) is 2.57. The zero-order chi connectivity index (χ0) is 15.6. The first kappa shape index (κ1) is 13.6. The number of fused-ring (bicyclic) bond motifs is 1. The summed E-state index contributed by atoms with van der Waals surface area (Å²) in [7, 11) is 0. The Labute approximate surface area is 133 Å². The number of oxazole rings is 1. The number of rotatable bonds is 4. The highest BCUT2D eigenvalue weighted by atomic mass is 16.3. The van der Waals surface area contributed by atoms with Crippen LogP contribution in [0, 0.1) is 0 Å². The molecular formula is C18H16N4O.